The lowest BCUT2D eigenvalue weighted by Crippen LogP contribution is -2.02. The number of aromatic nitrogens is 2. The van der Waals surface area contributed by atoms with Gasteiger partial charge >= 0.3 is 5.97 Å². The molecule has 2 aromatic rings. The fourth-order valence-electron chi connectivity index (χ4n) is 2.11. The lowest BCUT2D eigenvalue weighted by molar-refractivity contribution is -0.133. The second-order valence-corrected chi connectivity index (χ2v) is 5.97. The molecule has 1 saturated carbocycles. The van der Waals surface area contributed by atoms with Crippen LogP contribution >= 0.6 is 11.8 Å². The molecule has 1 aliphatic carbocycles. The quantitative estimate of drug-likeness (QED) is 0.831. The predicted molar refractivity (Wildman–Crippen MR) is 80.5 cm³/mol. The third-order valence-corrected chi connectivity index (χ3v) is 4.33. The maximum atomic E-state index is 10.8. The summed E-state index contributed by atoms with van der Waals surface area (Å²) in [6.07, 6.45) is 2.34. The summed E-state index contributed by atoms with van der Waals surface area (Å²) in [6, 6.07) is 9.61. The molecule has 0 aliphatic heterocycles. The van der Waals surface area contributed by atoms with Crippen LogP contribution in [0.3, 0.4) is 0 Å². The maximum absolute atomic E-state index is 10.8. The molecule has 0 unspecified atom stereocenters. The van der Waals surface area contributed by atoms with E-state index in [1.165, 1.54) is 24.6 Å². The Labute approximate surface area is 126 Å². The van der Waals surface area contributed by atoms with E-state index in [4.69, 9.17) is 9.84 Å². The minimum Gasteiger partial charge on any atom is -0.497 e. The number of methoxy groups -OCH3 is 1. The molecule has 0 bridgehead atoms. The van der Waals surface area contributed by atoms with Crippen molar-refractivity contribution in [2.45, 2.75) is 23.8 Å². The zero-order chi connectivity index (χ0) is 14.8. The van der Waals surface area contributed by atoms with Crippen LogP contribution < -0.4 is 4.74 Å². The van der Waals surface area contributed by atoms with Gasteiger partial charge in [0, 0.05) is 5.92 Å². The third kappa shape index (κ3) is 3.21. The van der Waals surface area contributed by atoms with E-state index in [-0.39, 0.29) is 5.75 Å². The monoisotopic (exact) mass is 304 g/mol. The minimum absolute atomic E-state index is 0.0337. The average Bonchev–Trinajstić information content (AvgIpc) is 3.25. The molecule has 5 nitrogen and oxygen atoms in total. The first-order chi connectivity index (χ1) is 10.2. The van der Waals surface area contributed by atoms with Crippen LogP contribution in [0.25, 0.3) is 5.69 Å². The molecular formula is C15H16N2O3S. The van der Waals surface area contributed by atoms with Crippen LogP contribution in [0.2, 0.25) is 0 Å². The molecule has 1 aliphatic rings. The lowest BCUT2D eigenvalue weighted by atomic mass is 10.3. The number of aliphatic carboxylic acids is 1. The molecule has 0 amide bonds. The van der Waals surface area contributed by atoms with Gasteiger partial charge in [-0.1, -0.05) is 11.8 Å². The molecule has 0 atom stereocenters. The van der Waals surface area contributed by atoms with Crippen molar-refractivity contribution >= 4 is 17.7 Å². The van der Waals surface area contributed by atoms with Crippen molar-refractivity contribution in [2.24, 2.45) is 0 Å². The first-order valence-corrected chi connectivity index (χ1v) is 7.75. The van der Waals surface area contributed by atoms with E-state index >= 15 is 0 Å². The molecule has 0 radical (unpaired) electrons. The highest BCUT2D eigenvalue weighted by atomic mass is 32.2. The van der Waals surface area contributed by atoms with E-state index in [1.807, 2.05) is 35.0 Å². The number of carboxylic acids is 1. The molecule has 3 rings (SSSR count). The summed E-state index contributed by atoms with van der Waals surface area (Å²) in [7, 11) is 1.63. The van der Waals surface area contributed by atoms with E-state index in [0.717, 1.165) is 22.2 Å². The van der Waals surface area contributed by atoms with Gasteiger partial charge in [-0.3, -0.25) is 4.79 Å². The van der Waals surface area contributed by atoms with Crippen LogP contribution in [0.5, 0.6) is 5.75 Å². The van der Waals surface area contributed by atoms with E-state index in [0.29, 0.717) is 5.92 Å². The van der Waals surface area contributed by atoms with Crippen molar-refractivity contribution in [1.82, 2.24) is 9.78 Å². The summed E-state index contributed by atoms with van der Waals surface area (Å²) in [6.45, 7) is 0. The molecule has 1 fully saturated rings. The Morgan fingerprint density at radius 2 is 2.14 bits per heavy atom. The topological polar surface area (TPSA) is 64.4 Å². The van der Waals surface area contributed by atoms with Crippen LogP contribution in [0.4, 0.5) is 0 Å². The van der Waals surface area contributed by atoms with Gasteiger partial charge in [0.15, 0.2) is 0 Å². The normalized spacial score (nSPS) is 14.1. The average molecular weight is 304 g/mol. The van der Waals surface area contributed by atoms with Crippen LogP contribution in [0, 0.1) is 0 Å². The molecule has 21 heavy (non-hydrogen) atoms. The Hall–Kier alpha value is -1.95. The van der Waals surface area contributed by atoms with Crippen molar-refractivity contribution in [1.29, 1.82) is 0 Å². The molecule has 0 saturated heterocycles. The molecule has 0 spiro atoms. The maximum Gasteiger partial charge on any atom is 0.313 e. The van der Waals surface area contributed by atoms with Gasteiger partial charge in [0.2, 0.25) is 0 Å². The number of nitrogens with zero attached hydrogens (tertiary/aromatic N) is 2. The highest BCUT2D eigenvalue weighted by molar-refractivity contribution is 7.99. The summed E-state index contributed by atoms with van der Waals surface area (Å²) in [5, 5.41) is 14.4. The van der Waals surface area contributed by atoms with E-state index < -0.39 is 5.97 Å². The highest BCUT2D eigenvalue weighted by Gasteiger charge is 2.27. The number of hydrogen-bond donors (Lipinski definition) is 1. The molecular weight excluding hydrogens is 288 g/mol. The van der Waals surface area contributed by atoms with Gasteiger partial charge in [-0.15, -0.1) is 0 Å². The number of benzene rings is 1. The number of carbonyl (C=O) groups is 1. The van der Waals surface area contributed by atoms with Crippen LogP contribution in [-0.2, 0) is 4.79 Å². The number of ether oxygens (including phenoxy) is 1. The van der Waals surface area contributed by atoms with Gasteiger partial charge in [0.05, 0.1) is 24.2 Å². The van der Waals surface area contributed by atoms with Gasteiger partial charge in [0.25, 0.3) is 0 Å². The zero-order valence-corrected chi connectivity index (χ0v) is 12.5. The van der Waals surface area contributed by atoms with Gasteiger partial charge in [-0.2, -0.15) is 5.10 Å². The number of thioether (sulfide) groups is 1. The van der Waals surface area contributed by atoms with E-state index in [2.05, 4.69) is 5.10 Å². The Bertz CT molecular complexity index is 647. The summed E-state index contributed by atoms with van der Waals surface area (Å²) < 4.78 is 6.98. The summed E-state index contributed by atoms with van der Waals surface area (Å²) in [4.78, 5) is 10.8. The second kappa shape index (κ2) is 5.81. The van der Waals surface area contributed by atoms with Crippen LogP contribution in [0.1, 0.15) is 24.5 Å². The van der Waals surface area contributed by atoms with Gasteiger partial charge in [-0.05, 0) is 43.2 Å². The first kappa shape index (κ1) is 14.0. The smallest absolute Gasteiger partial charge is 0.313 e. The second-order valence-electron chi connectivity index (χ2n) is 4.97. The Balaban J connectivity index is 1.91. The summed E-state index contributed by atoms with van der Waals surface area (Å²) >= 11 is 1.30. The number of carboxylic acid groups (broad SMARTS) is 1. The van der Waals surface area contributed by atoms with E-state index in [1.54, 1.807) is 7.11 Å². The molecule has 1 N–H and O–H groups in total. The molecule has 6 heteroatoms. The molecule has 1 aromatic carbocycles. The highest BCUT2D eigenvalue weighted by Crippen LogP contribution is 2.41. The number of hydrogen-bond acceptors (Lipinski definition) is 4. The van der Waals surface area contributed by atoms with Crippen molar-refractivity contribution in [2.75, 3.05) is 12.9 Å². The largest absolute Gasteiger partial charge is 0.497 e. The standard InChI is InChI=1S/C15H16N2O3S/c1-20-12-6-4-11(5-7-12)17-14(21-9-15(18)19)8-13(16-17)10-2-3-10/h4-8,10H,2-3,9H2,1H3,(H,18,19). The van der Waals surface area contributed by atoms with Gasteiger partial charge < -0.3 is 9.84 Å². The SMILES string of the molecule is COc1ccc(-n2nc(C3CC3)cc2SCC(=O)O)cc1. The van der Waals surface area contributed by atoms with E-state index in [9.17, 15) is 4.79 Å². The van der Waals surface area contributed by atoms with Crippen molar-refractivity contribution in [3.8, 4) is 11.4 Å². The fraction of sp³-hybridized carbons (Fsp3) is 0.333. The van der Waals surface area contributed by atoms with Crippen molar-refractivity contribution in [3.63, 3.8) is 0 Å². The fourth-order valence-corrected chi connectivity index (χ4v) is 2.85. The Kier molecular flexibility index (Phi) is 3.88. The first-order valence-electron chi connectivity index (χ1n) is 6.76. The van der Waals surface area contributed by atoms with Crippen LogP contribution in [-0.4, -0.2) is 33.7 Å². The lowest BCUT2D eigenvalue weighted by Gasteiger charge is -2.07. The van der Waals surface area contributed by atoms with Gasteiger partial charge in [0.1, 0.15) is 10.8 Å². The Morgan fingerprint density at radius 3 is 2.71 bits per heavy atom. The third-order valence-electron chi connectivity index (χ3n) is 3.35. The molecule has 1 heterocycles. The minimum atomic E-state index is -0.824. The summed E-state index contributed by atoms with van der Waals surface area (Å²) in [5.41, 5.74) is 1.97. The Morgan fingerprint density at radius 1 is 1.43 bits per heavy atom. The summed E-state index contributed by atoms with van der Waals surface area (Å²) in [5.74, 6) is 0.531. The number of rotatable bonds is 6. The van der Waals surface area contributed by atoms with Crippen LogP contribution in [0.15, 0.2) is 35.4 Å². The molecule has 1 aromatic heterocycles. The van der Waals surface area contributed by atoms with Crippen molar-refractivity contribution in [3.05, 3.63) is 36.0 Å². The predicted octanol–water partition coefficient (Wildman–Crippen LogP) is 2.94. The van der Waals surface area contributed by atoms with Crippen molar-refractivity contribution < 1.29 is 14.6 Å². The van der Waals surface area contributed by atoms with Gasteiger partial charge in [-0.25, -0.2) is 4.68 Å². The zero-order valence-electron chi connectivity index (χ0n) is 11.7. The molecule has 110 valence electrons.